The van der Waals surface area contributed by atoms with Crippen LogP contribution in [0.3, 0.4) is 0 Å². The number of aromatic nitrogens is 2. The number of carbonyl (C=O) groups excluding carboxylic acids is 1. The predicted octanol–water partition coefficient (Wildman–Crippen LogP) is 3.40. The van der Waals surface area contributed by atoms with Gasteiger partial charge in [0.1, 0.15) is 5.60 Å². The number of carbonyl (C=O) groups is 1. The Bertz CT molecular complexity index is 564. The lowest BCUT2D eigenvalue weighted by Gasteiger charge is -2.18. The summed E-state index contributed by atoms with van der Waals surface area (Å²) in [5.41, 5.74) is 0.989. The van der Waals surface area contributed by atoms with Gasteiger partial charge in [0.2, 0.25) is 5.88 Å². The Kier molecular flexibility index (Phi) is 3.51. The maximum absolute atomic E-state index is 11.9. The molecule has 0 aromatic carbocycles. The minimum absolute atomic E-state index is 0.479. The highest BCUT2D eigenvalue weighted by Crippen LogP contribution is 2.45. The molecule has 1 fully saturated rings. The maximum Gasteiger partial charge on any atom is 0.435 e. The monoisotopic (exact) mass is 290 g/mol. The van der Waals surface area contributed by atoms with Crippen molar-refractivity contribution in [1.29, 1.82) is 0 Å². The molecule has 0 aliphatic heterocycles. The van der Waals surface area contributed by atoms with Crippen LogP contribution in [0.4, 0.5) is 4.79 Å². The average molecular weight is 290 g/mol. The fourth-order valence-corrected chi connectivity index (χ4v) is 2.38. The molecule has 0 spiro atoms. The molecular formula is C16H22N2O3. The number of allylic oxidation sites excluding steroid dienone is 1. The molecule has 1 unspecified atom stereocenters. The third kappa shape index (κ3) is 3.86. The molecule has 1 heterocycles. The van der Waals surface area contributed by atoms with Gasteiger partial charge >= 0.3 is 6.09 Å². The highest BCUT2D eigenvalue weighted by Gasteiger charge is 2.36. The Morgan fingerprint density at radius 1 is 1.48 bits per heavy atom. The molecule has 2 aliphatic carbocycles. The van der Waals surface area contributed by atoms with Gasteiger partial charge in [-0.2, -0.15) is 4.68 Å². The van der Waals surface area contributed by atoms with Crippen LogP contribution in [0.15, 0.2) is 23.9 Å². The Morgan fingerprint density at radius 3 is 2.76 bits per heavy atom. The molecule has 1 aromatic rings. The van der Waals surface area contributed by atoms with E-state index in [1.165, 1.54) is 23.1 Å². The molecule has 1 aromatic heterocycles. The third-order valence-electron chi connectivity index (χ3n) is 3.66. The van der Waals surface area contributed by atoms with E-state index in [2.05, 4.69) is 11.2 Å². The van der Waals surface area contributed by atoms with Crippen molar-refractivity contribution in [2.45, 2.75) is 45.6 Å². The number of hydrogen-bond acceptors (Lipinski definition) is 4. The van der Waals surface area contributed by atoms with E-state index in [4.69, 9.17) is 9.47 Å². The molecule has 0 amide bonds. The highest BCUT2D eigenvalue weighted by molar-refractivity contribution is 5.69. The van der Waals surface area contributed by atoms with Crippen molar-refractivity contribution in [2.24, 2.45) is 11.8 Å². The minimum Gasteiger partial charge on any atom is -0.476 e. The molecule has 114 valence electrons. The lowest BCUT2D eigenvalue weighted by molar-refractivity contribution is 0.0511. The largest absolute Gasteiger partial charge is 0.476 e. The van der Waals surface area contributed by atoms with E-state index in [1.54, 1.807) is 12.3 Å². The Balaban J connectivity index is 1.55. The summed E-state index contributed by atoms with van der Waals surface area (Å²) in [5, 5.41) is 4.13. The first-order valence-corrected chi connectivity index (χ1v) is 7.53. The Hall–Kier alpha value is -1.78. The Labute approximate surface area is 124 Å². The normalized spacial score (nSPS) is 18.9. The number of rotatable bonds is 5. The summed E-state index contributed by atoms with van der Waals surface area (Å²) in [6.07, 6.45) is 7.10. The molecule has 21 heavy (non-hydrogen) atoms. The second-order valence-corrected chi connectivity index (χ2v) is 6.82. The van der Waals surface area contributed by atoms with E-state index >= 15 is 0 Å². The fourth-order valence-electron chi connectivity index (χ4n) is 2.38. The van der Waals surface area contributed by atoms with Crippen molar-refractivity contribution in [3.8, 4) is 5.88 Å². The minimum atomic E-state index is -0.528. The summed E-state index contributed by atoms with van der Waals surface area (Å²) in [7, 11) is 0. The molecule has 3 rings (SSSR count). The van der Waals surface area contributed by atoms with E-state index in [0.717, 1.165) is 12.3 Å². The van der Waals surface area contributed by atoms with E-state index in [9.17, 15) is 4.79 Å². The van der Waals surface area contributed by atoms with Gasteiger partial charge in [-0.05, 0) is 46.0 Å². The van der Waals surface area contributed by atoms with Crippen LogP contribution in [0.1, 0.15) is 40.0 Å². The van der Waals surface area contributed by atoms with Crippen LogP contribution in [0.25, 0.3) is 0 Å². The van der Waals surface area contributed by atoms with Crippen LogP contribution in [0.2, 0.25) is 0 Å². The van der Waals surface area contributed by atoms with Gasteiger partial charge in [0.25, 0.3) is 0 Å². The molecular weight excluding hydrogens is 268 g/mol. The second-order valence-electron chi connectivity index (χ2n) is 6.82. The predicted molar refractivity (Wildman–Crippen MR) is 78.3 cm³/mol. The van der Waals surface area contributed by atoms with Gasteiger partial charge in [0.15, 0.2) is 0 Å². The topological polar surface area (TPSA) is 53.4 Å². The molecule has 0 radical (unpaired) electrons. The lowest BCUT2D eigenvalue weighted by atomic mass is 10.0. The van der Waals surface area contributed by atoms with E-state index < -0.39 is 11.7 Å². The number of nitrogens with zero attached hydrogens (tertiary/aromatic N) is 2. The summed E-state index contributed by atoms with van der Waals surface area (Å²) in [4.78, 5) is 11.9. The Morgan fingerprint density at radius 2 is 2.19 bits per heavy atom. The van der Waals surface area contributed by atoms with Gasteiger partial charge in [-0.1, -0.05) is 11.6 Å². The lowest BCUT2D eigenvalue weighted by Crippen LogP contribution is -2.27. The van der Waals surface area contributed by atoms with Gasteiger partial charge < -0.3 is 9.47 Å². The zero-order chi connectivity index (χ0) is 15.0. The smallest absolute Gasteiger partial charge is 0.435 e. The number of hydrogen-bond donors (Lipinski definition) is 0. The molecule has 5 nitrogen and oxygen atoms in total. The molecule has 1 saturated carbocycles. The maximum atomic E-state index is 11.9. The summed E-state index contributed by atoms with van der Waals surface area (Å²) < 4.78 is 12.2. The van der Waals surface area contributed by atoms with Crippen LogP contribution in [-0.2, 0) is 4.74 Å². The van der Waals surface area contributed by atoms with Crippen molar-refractivity contribution in [1.82, 2.24) is 9.78 Å². The van der Waals surface area contributed by atoms with Crippen LogP contribution < -0.4 is 4.74 Å². The molecule has 5 heteroatoms. The zero-order valence-corrected chi connectivity index (χ0v) is 12.8. The average Bonchev–Trinajstić information content (AvgIpc) is 3.28. The van der Waals surface area contributed by atoms with Crippen molar-refractivity contribution >= 4 is 6.09 Å². The summed E-state index contributed by atoms with van der Waals surface area (Å²) in [6, 6.07) is 1.70. The fraction of sp³-hybridized carbons (Fsp3) is 0.625. The van der Waals surface area contributed by atoms with Gasteiger partial charge in [-0.25, -0.2) is 4.79 Å². The third-order valence-corrected chi connectivity index (χ3v) is 3.66. The summed E-state index contributed by atoms with van der Waals surface area (Å²) in [5.74, 6) is 1.80. The molecule has 0 saturated heterocycles. The molecule has 2 aliphatic rings. The van der Waals surface area contributed by atoms with Crippen molar-refractivity contribution in [3.63, 3.8) is 0 Å². The van der Waals surface area contributed by atoms with Crippen molar-refractivity contribution in [2.75, 3.05) is 6.61 Å². The standard InChI is InChI=1S/C16H22N2O3/c1-16(2,3)21-15(19)18-9-8-14(17-18)20-10-13(11-4-5-11)12-6-7-12/h4,8-9,12-13H,5-7,10H2,1-3H3. The molecule has 1 atom stereocenters. The van der Waals surface area contributed by atoms with Crippen molar-refractivity contribution in [3.05, 3.63) is 23.9 Å². The molecule has 0 N–H and O–H groups in total. The second kappa shape index (κ2) is 5.20. The number of ether oxygens (including phenoxy) is 2. The summed E-state index contributed by atoms with van der Waals surface area (Å²) >= 11 is 0. The quantitative estimate of drug-likeness (QED) is 0.780. The van der Waals surface area contributed by atoms with Crippen LogP contribution in [-0.4, -0.2) is 28.1 Å². The van der Waals surface area contributed by atoms with E-state index in [-0.39, 0.29) is 0 Å². The first-order valence-electron chi connectivity index (χ1n) is 7.53. The van der Waals surface area contributed by atoms with Gasteiger partial charge in [-0.3, -0.25) is 0 Å². The SMILES string of the molecule is CC(C)(C)OC(=O)n1ccc(OCC(C2=CC2)C2CC2)n1. The zero-order valence-electron chi connectivity index (χ0n) is 12.8. The first-order chi connectivity index (χ1) is 9.92. The van der Waals surface area contributed by atoms with Crippen LogP contribution in [0.5, 0.6) is 5.88 Å². The van der Waals surface area contributed by atoms with E-state index in [1.807, 2.05) is 20.8 Å². The van der Waals surface area contributed by atoms with Gasteiger partial charge in [0.05, 0.1) is 6.61 Å². The van der Waals surface area contributed by atoms with Crippen LogP contribution >= 0.6 is 0 Å². The summed E-state index contributed by atoms with van der Waals surface area (Å²) in [6.45, 7) is 6.14. The molecule has 0 bridgehead atoms. The van der Waals surface area contributed by atoms with E-state index in [0.29, 0.717) is 18.4 Å². The van der Waals surface area contributed by atoms with Gasteiger partial charge in [-0.15, -0.1) is 5.10 Å². The first kappa shape index (κ1) is 14.2. The van der Waals surface area contributed by atoms with Gasteiger partial charge in [0, 0.05) is 18.2 Å². The van der Waals surface area contributed by atoms with Crippen LogP contribution in [0, 0.1) is 11.8 Å². The van der Waals surface area contributed by atoms with Crippen molar-refractivity contribution < 1.29 is 14.3 Å². The highest BCUT2D eigenvalue weighted by atomic mass is 16.6.